The molecule has 1 unspecified atom stereocenters. The largest absolute Gasteiger partial charge is 0.476 e. The van der Waals surface area contributed by atoms with E-state index in [-0.39, 0.29) is 11.6 Å². The van der Waals surface area contributed by atoms with Crippen molar-refractivity contribution in [1.82, 2.24) is 20.3 Å². The van der Waals surface area contributed by atoms with Crippen molar-refractivity contribution in [2.24, 2.45) is 10.9 Å². The molecule has 0 aliphatic carbocycles. The highest BCUT2D eigenvalue weighted by Gasteiger charge is 2.37. The number of carboxylic acid groups (broad SMARTS) is 1. The second kappa shape index (κ2) is 11.2. The van der Waals surface area contributed by atoms with E-state index >= 15 is 0 Å². The summed E-state index contributed by atoms with van der Waals surface area (Å²) in [4.78, 5) is 44.5. The van der Waals surface area contributed by atoms with Gasteiger partial charge in [-0.2, -0.15) is 0 Å². The molecule has 0 spiro atoms. The monoisotopic (exact) mass is 614 g/mol. The molecule has 2 aliphatic rings. The number of methoxy groups -OCH3 is 1. The molecule has 3 aromatic rings. The molecule has 1 aromatic carbocycles. The maximum atomic E-state index is 13.9. The normalized spacial score (nSPS) is 18.0. The number of ether oxygens (including phenoxy) is 1. The third kappa shape index (κ3) is 5.41. The number of hydrogen-bond donors (Lipinski definition) is 2. The summed E-state index contributed by atoms with van der Waals surface area (Å²) in [5.41, 5.74) is 2.12. The molecule has 1 atom stereocenters. The number of rotatable bonds is 6. The maximum Gasteiger partial charge on any atom is 0.354 e. The van der Waals surface area contributed by atoms with E-state index in [1.165, 1.54) is 36.8 Å². The molecule has 2 aliphatic heterocycles. The summed E-state index contributed by atoms with van der Waals surface area (Å²) in [7, 11) is 1.32. The summed E-state index contributed by atoms with van der Waals surface area (Å²) < 4.78 is 19.6. The summed E-state index contributed by atoms with van der Waals surface area (Å²) >= 11 is 4.85. The Balaban J connectivity index is 1.51. The molecular weight excluding hydrogens is 591 g/mol. The third-order valence-corrected chi connectivity index (χ3v) is 8.19. The lowest BCUT2D eigenvalue weighted by atomic mass is 9.86. The van der Waals surface area contributed by atoms with Gasteiger partial charge < -0.3 is 20.1 Å². The average Bonchev–Trinajstić information content (AvgIpc) is 3.47. The van der Waals surface area contributed by atoms with Crippen molar-refractivity contribution in [3.63, 3.8) is 0 Å². The van der Waals surface area contributed by atoms with Crippen LogP contribution >= 0.6 is 27.3 Å². The Hall–Kier alpha value is -3.71. The second-order valence-electron chi connectivity index (χ2n) is 9.10. The number of aliphatic imine (C=N–C) groups is 1. The summed E-state index contributed by atoms with van der Waals surface area (Å²) in [6.07, 6.45) is 4.45. The highest BCUT2D eigenvalue weighted by molar-refractivity contribution is 9.10. The number of aromatic carboxylic acids is 1. The fourth-order valence-electron chi connectivity index (χ4n) is 4.79. The molecule has 0 radical (unpaired) electrons. The minimum atomic E-state index is -1.10. The van der Waals surface area contributed by atoms with Crippen LogP contribution in [0.15, 0.2) is 56.7 Å². The molecule has 0 bridgehead atoms. The van der Waals surface area contributed by atoms with Gasteiger partial charge in [0.25, 0.3) is 0 Å². The minimum absolute atomic E-state index is 0.0243. The van der Waals surface area contributed by atoms with Crippen LogP contribution in [0.2, 0.25) is 0 Å². The van der Waals surface area contributed by atoms with Crippen LogP contribution in [0.1, 0.15) is 45.5 Å². The molecule has 39 heavy (non-hydrogen) atoms. The Morgan fingerprint density at radius 3 is 2.67 bits per heavy atom. The van der Waals surface area contributed by atoms with Gasteiger partial charge in [0.1, 0.15) is 11.9 Å². The van der Waals surface area contributed by atoms with Gasteiger partial charge in [-0.05, 0) is 37.5 Å². The SMILES string of the molecule is COC(=O)C1=C(C2CCN(c3ncc(C)c(C(=O)O)n3)CC2)NC(c2nccs2)=NC1c1ccc(F)cc1Br. The topological polar surface area (TPSA) is 130 Å². The van der Waals surface area contributed by atoms with Crippen molar-refractivity contribution in [2.75, 3.05) is 25.1 Å². The Labute approximate surface area is 235 Å². The van der Waals surface area contributed by atoms with E-state index in [4.69, 9.17) is 9.73 Å². The number of aromatic nitrogens is 3. The maximum absolute atomic E-state index is 13.9. The van der Waals surface area contributed by atoms with Crippen molar-refractivity contribution in [1.29, 1.82) is 0 Å². The number of carbonyl (C=O) groups is 2. The van der Waals surface area contributed by atoms with Gasteiger partial charge in [0.2, 0.25) is 5.95 Å². The molecular formula is C26H24BrFN6O4S. The van der Waals surface area contributed by atoms with Crippen LogP contribution in [0.25, 0.3) is 0 Å². The predicted molar refractivity (Wildman–Crippen MR) is 146 cm³/mol. The van der Waals surface area contributed by atoms with Gasteiger partial charge in [0.05, 0.1) is 12.7 Å². The molecule has 13 heteroatoms. The molecule has 1 saturated heterocycles. The van der Waals surface area contributed by atoms with Crippen LogP contribution in [0, 0.1) is 18.7 Å². The number of anilines is 1. The Kier molecular flexibility index (Phi) is 7.71. The van der Waals surface area contributed by atoms with Gasteiger partial charge in [-0.3, -0.25) is 4.99 Å². The number of allylic oxidation sites excluding steroid dienone is 1. The Bertz CT molecular complexity index is 1490. The number of carboxylic acids is 1. The molecule has 2 aromatic heterocycles. The number of nitrogens with one attached hydrogen (secondary N) is 1. The van der Waals surface area contributed by atoms with Gasteiger partial charge in [0, 0.05) is 52.5 Å². The van der Waals surface area contributed by atoms with Gasteiger partial charge in [-0.25, -0.2) is 28.9 Å². The first kappa shape index (κ1) is 26.9. The van der Waals surface area contributed by atoms with Crippen LogP contribution < -0.4 is 10.2 Å². The highest BCUT2D eigenvalue weighted by atomic mass is 79.9. The van der Waals surface area contributed by atoms with Crippen molar-refractivity contribution < 1.29 is 23.8 Å². The molecule has 4 heterocycles. The van der Waals surface area contributed by atoms with Crippen LogP contribution in [0.5, 0.6) is 0 Å². The second-order valence-corrected chi connectivity index (χ2v) is 10.8. The molecule has 0 amide bonds. The first-order chi connectivity index (χ1) is 18.8. The van der Waals surface area contributed by atoms with Crippen molar-refractivity contribution in [2.45, 2.75) is 25.8 Å². The van der Waals surface area contributed by atoms with E-state index in [0.29, 0.717) is 69.6 Å². The van der Waals surface area contributed by atoms with Gasteiger partial charge >= 0.3 is 11.9 Å². The Morgan fingerprint density at radius 2 is 2.03 bits per heavy atom. The molecule has 5 rings (SSSR count). The summed E-state index contributed by atoms with van der Waals surface area (Å²) in [5.74, 6) is -1.25. The van der Waals surface area contributed by atoms with Crippen LogP contribution in [0.3, 0.4) is 0 Å². The number of halogens is 2. The van der Waals surface area contributed by atoms with E-state index in [9.17, 15) is 19.1 Å². The number of hydrogen-bond acceptors (Lipinski definition) is 10. The molecule has 1 fully saturated rings. The van der Waals surface area contributed by atoms with E-state index in [2.05, 4.69) is 36.2 Å². The van der Waals surface area contributed by atoms with Crippen molar-refractivity contribution in [3.05, 3.63) is 79.4 Å². The van der Waals surface area contributed by atoms with E-state index < -0.39 is 23.8 Å². The summed E-state index contributed by atoms with van der Waals surface area (Å²) in [6, 6.07) is 3.53. The number of benzene rings is 1. The highest BCUT2D eigenvalue weighted by Crippen LogP contribution is 2.40. The molecule has 2 N–H and O–H groups in total. The third-order valence-electron chi connectivity index (χ3n) is 6.72. The Morgan fingerprint density at radius 1 is 1.26 bits per heavy atom. The molecule has 202 valence electrons. The fraction of sp³-hybridized carbons (Fsp3) is 0.308. The first-order valence-electron chi connectivity index (χ1n) is 12.1. The number of amidine groups is 1. The van der Waals surface area contributed by atoms with Gasteiger partial charge in [-0.1, -0.05) is 22.0 Å². The van der Waals surface area contributed by atoms with E-state index in [0.717, 1.165) is 0 Å². The lowest BCUT2D eigenvalue weighted by molar-refractivity contribution is -0.136. The zero-order valence-corrected chi connectivity index (χ0v) is 23.4. The zero-order chi connectivity index (χ0) is 27.7. The lowest BCUT2D eigenvalue weighted by Gasteiger charge is -2.36. The lowest BCUT2D eigenvalue weighted by Crippen LogP contribution is -2.42. The standard InChI is InChI=1S/C26H24BrFN6O4S/c1-13-12-30-26(33-19(13)24(35)36)34-8-5-14(6-9-34)20-18(25(37)38-2)21(16-4-3-15(28)11-17(16)27)32-22(31-20)23-29-7-10-39-23/h3-4,7,10-12,14,21H,5-6,8-9H2,1-2H3,(H,31,32)(H,35,36). The number of nitrogens with zero attached hydrogens (tertiary/aromatic N) is 5. The number of esters is 1. The van der Waals surface area contributed by atoms with Gasteiger partial charge in [0.15, 0.2) is 16.5 Å². The zero-order valence-electron chi connectivity index (χ0n) is 21.0. The quantitative estimate of drug-likeness (QED) is 0.391. The molecule has 0 saturated carbocycles. The first-order valence-corrected chi connectivity index (χ1v) is 13.8. The molecule has 10 nitrogen and oxygen atoms in total. The predicted octanol–water partition coefficient (Wildman–Crippen LogP) is 4.28. The van der Waals surface area contributed by atoms with Crippen LogP contribution in [-0.2, 0) is 9.53 Å². The summed E-state index contributed by atoms with van der Waals surface area (Å²) in [6.45, 7) is 2.74. The fourth-order valence-corrected chi connectivity index (χ4v) is 5.94. The van der Waals surface area contributed by atoms with E-state index in [1.54, 1.807) is 19.2 Å². The van der Waals surface area contributed by atoms with Gasteiger partial charge in [-0.15, -0.1) is 11.3 Å². The number of aryl methyl sites for hydroxylation is 1. The average molecular weight is 615 g/mol. The number of thiazole rings is 1. The summed E-state index contributed by atoms with van der Waals surface area (Å²) in [5, 5.41) is 15.3. The van der Waals surface area contributed by atoms with Crippen LogP contribution in [0.4, 0.5) is 10.3 Å². The van der Waals surface area contributed by atoms with Crippen LogP contribution in [-0.4, -0.2) is 58.0 Å². The van der Waals surface area contributed by atoms with Crippen molar-refractivity contribution >= 4 is 51.0 Å². The smallest absolute Gasteiger partial charge is 0.354 e. The van der Waals surface area contributed by atoms with Crippen molar-refractivity contribution in [3.8, 4) is 0 Å². The number of piperidine rings is 1. The van der Waals surface area contributed by atoms with E-state index in [1.807, 2.05) is 10.3 Å². The minimum Gasteiger partial charge on any atom is -0.476 e. The number of carbonyl (C=O) groups excluding carboxylic acids is 1.